The zero-order valence-corrected chi connectivity index (χ0v) is 17.5. The Morgan fingerprint density at radius 3 is 2.14 bits per heavy atom. The van der Waals surface area contributed by atoms with Crippen LogP contribution in [0.5, 0.6) is 0 Å². The minimum atomic E-state index is 0. The highest BCUT2D eigenvalue weighted by atomic mass is 35.5. The summed E-state index contributed by atoms with van der Waals surface area (Å²) in [6, 6.07) is 9.33. The van der Waals surface area contributed by atoms with Crippen molar-refractivity contribution in [2.45, 2.75) is 57.5 Å². The molecule has 0 aliphatic carbocycles. The van der Waals surface area contributed by atoms with Crippen LogP contribution in [0.25, 0.3) is 0 Å². The predicted molar refractivity (Wildman–Crippen MR) is 113 cm³/mol. The van der Waals surface area contributed by atoms with Crippen LogP contribution < -0.4 is 5.32 Å². The van der Waals surface area contributed by atoms with Crippen molar-refractivity contribution in [1.29, 1.82) is 0 Å². The monoisotopic (exact) mass is 405 g/mol. The van der Waals surface area contributed by atoms with Gasteiger partial charge in [-0.2, -0.15) is 0 Å². The Morgan fingerprint density at radius 1 is 0.964 bits per heavy atom. The van der Waals surface area contributed by atoms with Crippen molar-refractivity contribution < 1.29 is 9.59 Å². The summed E-state index contributed by atoms with van der Waals surface area (Å²) < 4.78 is 0. The van der Waals surface area contributed by atoms with Crippen molar-refractivity contribution in [2.75, 3.05) is 26.2 Å². The Labute approximate surface area is 174 Å². The Balaban J connectivity index is 0.00000225. The van der Waals surface area contributed by atoms with Gasteiger partial charge in [0.05, 0.1) is 6.42 Å². The third kappa shape index (κ3) is 4.87. The standard InChI is InChI=1S/C22H31N3O2.ClH/c1-16-4-2-3-5-18(16)15-22(27)25-10-8-24(9-11-25)21(26)14-17-12-19-6-7-20(13-17)23-19;/h2-5,17,19-20,23H,6-15H2,1H3;1H. The van der Waals surface area contributed by atoms with Crippen molar-refractivity contribution >= 4 is 24.2 Å². The SMILES string of the molecule is Cc1ccccc1CC(=O)N1CCN(C(=O)CC2CC3CCC(C2)N3)CC1.Cl. The molecule has 0 saturated carbocycles. The zero-order valence-electron chi connectivity index (χ0n) is 16.7. The second-order valence-electron chi connectivity index (χ2n) is 8.54. The third-order valence-corrected chi connectivity index (χ3v) is 6.62. The number of amides is 2. The number of nitrogens with one attached hydrogen (secondary N) is 1. The molecule has 2 atom stereocenters. The predicted octanol–water partition coefficient (Wildman–Crippen LogP) is 2.55. The number of benzene rings is 1. The van der Waals surface area contributed by atoms with Crippen molar-refractivity contribution in [1.82, 2.24) is 15.1 Å². The molecule has 28 heavy (non-hydrogen) atoms. The van der Waals surface area contributed by atoms with Crippen molar-refractivity contribution in [2.24, 2.45) is 5.92 Å². The van der Waals surface area contributed by atoms with Crippen LogP contribution in [-0.2, 0) is 16.0 Å². The average Bonchev–Trinajstić information content (AvgIpc) is 3.02. The largest absolute Gasteiger partial charge is 0.339 e. The van der Waals surface area contributed by atoms with Crippen LogP contribution in [0.3, 0.4) is 0 Å². The van der Waals surface area contributed by atoms with E-state index >= 15 is 0 Å². The van der Waals surface area contributed by atoms with Gasteiger partial charge in [-0.25, -0.2) is 0 Å². The molecule has 5 nitrogen and oxygen atoms in total. The fourth-order valence-electron chi connectivity index (χ4n) is 5.01. The summed E-state index contributed by atoms with van der Waals surface area (Å²) in [5.74, 6) is 0.996. The van der Waals surface area contributed by atoms with E-state index in [9.17, 15) is 9.59 Å². The van der Waals surface area contributed by atoms with E-state index in [1.165, 1.54) is 12.8 Å². The maximum Gasteiger partial charge on any atom is 0.227 e. The molecule has 2 amide bonds. The summed E-state index contributed by atoms with van der Waals surface area (Å²) in [5, 5.41) is 3.65. The number of piperazine rings is 1. The number of hydrogen-bond donors (Lipinski definition) is 1. The van der Waals surface area contributed by atoms with Gasteiger partial charge in [-0.1, -0.05) is 24.3 Å². The second-order valence-corrected chi connectivity index (χ2v) is 8.54. The molecule has 0 aromatic heterocycles. The molecule has 154 valence electrons. The molecule has 3 heterocycles. The summed E-state index contributed by atoms with van der Waals surface area (Å²) in [5.41, 5.74) is 2.26. The molecule has 4 rings (SSSR count). The number of halogens is 1. The lowest BCUT2D eigenvalue weighted by Crippen LogP contribution is -2.51. The first-order chi connectivity index (χ1) is 13.1. The minimum absolute atomic E-state index is 0. The van der Waals surface area contributed by atoms with Crippen molar-refractivity contribution in [3.8, 4) is 0 Å². The average molecular weight is 406 g/mol. The van der Waals surface area contributed by atoms with E-state index in [-0.39, 0.29) is 24.2 Å². The van der Waals surface area contributed by atoms with Crippen LogP contribution in [0.4, 0.5) is 0 Å². The molecule has 3 fully saturated rings. The van der Waals surface area contributed by atoms with Gasteiger partial charge in [0.2, 0.25) is 11.8 Å². The first-order valence-corrected chi connectivity index (χ1v) is 10.4. The lowest BCUT2D eigenvalue weighted by atomic mass is 9.89. The van der Waals surface area contributed by atoms with Crippen LogP contribution in [0.15, 0.2) is 24.3 Å². The number of aryl methyl sites for hydroxylation is 1. The fourth-order valence-corrected chi connectivity index (χ4v) is 5.01. The van der Waals surface area contributed by atoms with Crippen LogP contribution in [0.1, 0.15) is 43.2 Å². The third-order valence-electron chi connectivity index (χ3n) is 6.62. The number of rotatable bonds is 4. The van der Waals surface area contributed by atoms with Gasteiger partial charge in [-0.05, 0) is 49.7 Å². The first-order valence-electron chi connectivity index (χ1n) is 10.4. The number of nitrogens with zero attached hydrogens (tertiary/aromatic N) is 2. The number of hydrogen-bond acceptors (Lipinski definition) is 3. The normalized spacial score (nSPS) is 26.7. The summed E-state index contributed by atoms with van der Waals surface area (Å²) in [4.78, 5) is 29.2. The van der Waals surface area contributed by atoms with E-state index in [1.54, 1.807) is 0 Å². The van der Waals surface area contributed by atoms with E-state index in [0.29, 0.717) is 57.0 Å². The lowest BCUT2D eigenvalue weighted by Gasteiger charge is -2.36. The summed E-state index contributed by atoms with van der Waals surface area (Å²) in [6.45, 7) is 4.72. The summed E-state index contributed by atoms with van der Waals surface area (Å²) in [7, 11) is 0. The fraction of sp³-hybridized carbons (Fsp3) is 0.636. The van der Waals surface area contributed by atoms with E-state index < -0.39 is 0 Å². The van der Waals surface area contributed by atoms with Crippen LogP contribution in [0.2, 0.25) is 0 Å². The maximum absolute atomic E-state index is 12.7. The molecule has 1 aromatic rings. The van der Waals surface area contributed by atoms with Gasteiger partial charge < -0.3 is 15.1 Å². The van der Waals surface area contributed by atoms with Gasteiger partial charge in [0.25, 0.3) is 0 Å². The van der Waals surface area contributed by atoms with Gasteiger partial charge in [-0.3, -0.25) is 9.59 Å². The van der Waals surface area contributed by atoms with Gasteiger partial charge in [0, 0.05) is 44.7 Å². The molecule has 3 aliphatic heterocycles. The molecular weight excluding hydrogens is 374 g/mol. The highest BCUT2D eigenvalue weighted by Gasteiger charge is 2.35. The summed E-state index contributed by atoms with van der Waals surface area (Å²) in [6.07, 6.45) is 5.99. The lowest BCUT2D eigenvalue weighted by molar-refractivity contribution is -0.140. The van der Waals surface area contributed by atoms with Crippen LogP contribution in [0, 0.1) is 12.8 Å². The van der Waals surface area contributed by atoms with Crippen molar-refractivity contribution in [3.05, 3.63) is 35.4 Å². The molecule has 0 spiro atoms. The molecule has 3 saturated heterocycles. The van der Waals surface area contributed by atoms with Crippen LogP contribution >= 0.6 is 12.4 Å². The van der Waals surface area contributed by atoms with E-state index in [0.717, 1.165) is 24.0 Å². The van der Waals surface area contributed by atoms with Gasteiger partial charge in [0.1, 0.15) is 0 Å². The quantitative estimate of drug-likeness (QED) is 0.837. The topological polar surface area (TPSA) is 52.7 Å². The van der Waals surface area contributed by atoms with Gasteiger partial charge in [-0.15, -0.1) is 12.4 Å². The second kappa shape index (κ2) is 9.27. The summed E-state index contributed by atoms with van der Waals surface area (Å²) >= 11 is 0. The Hall–Kier alpha value is -1.59. The molecule has 2 bridgehead atoms. The number of piperidine rings is 1. The Morgan fingerprint density at radius 2 is 1.54 bits per heavy atom. The van der Waals surface area contributed by atoms with Crippen LogP contribution in [-0.4, -0.2) is 59.9 Å². The number of carbonyl (C=O) groups excluding carboxylic acids is 2. The van der Waals surface area contributed by atoms with E-state index in [1.807, 2.05) is 41.0 Å². The molecular formula is C22H32ClN3O2. The van der Waals surface area contributed by atoms with Crippen molar-refractivity contribution in [3.63, 3.8) is 0 Å². The molecule has 6 heteroatoms. The van der Waals surface area contributed by atoms with Gasteiger partial charge >= 0.3 is 0 Å². The van der Waals surface area contributed by atoms with E-state index in [2.05, 4.69) is 5.32 Å². The maximum atomic E-state index is 12.7. The minimum Gasteiger partial charge on any atom is -0.339 e. The molecule has 1 N–H and O–H groups in total. The molecule has 3 aliphatic rings. The Bertz CT molecular complexity index is 691. The van der Waals surface area contributed by atoms with Gasteiger partial charge in [0.15, 0.2) is 0 Å². The highest BCUT2D eigenvalue weighted by Crippen LogP contribution is 2.33. The number of carbonyl (C=O) groups is 2. The molecule has 0 radical (unpaired) electrons. The van der Waals surface area contributed by atoms with E-state index in [4.69, 9.17) is 0 Å². The molecule has 2 unspecified atom stereocenters. The zero-order chi connectivity index (χ0) is 18.8. The highest BCUT2D eigenvalue weighted by molar-refractivity contribution is 5.85. The smallest absolute Gasteiger partial charge is 0.227 e. The first kappa shape index (κ1) is 21.1. The Kier molecular flexibility index (Phi) is 7.00. The number of fused-ring (bicyclic) bond motifs is 2. The molecule has 1 aromatic carbocycles.